The fraction of sp³-hybridized carbons (Fsp3) is 0.300. The number of carbonyl (C=O) groups excluding carboxylic acids is 1. The van der Waals surface area contributed by atoms with Crippen molar-refractivity contribution >= 4 is 12.1 Å². The molecular formula is C20H24N2O5. The third-order valence-corrected chi connectivity index (χ3v) is 3.66. The highest BCUT2D eigenvalue weighted by Gasteiger charge is 2.13. The predicted molar refractivity (Wildman–Crippen MR) is 103 cm³/mol. The molecule has 0 aliphatic carbocycles. The maximum absolute atomic E-state index is 12.4. The molecule has 0 bridgehead atoms. The average molecular weight is 372 g/mol. The summed E-state index contributed by atoms with van der Waals surface area (Å²) in [6, 6.07) is 10.5. The molecule has 2 aromatic carbocycles. The Morgan fingerprint density at radius 2 is 1.70 bits per heavy atom. The van der Waals surface area contributed by atoms with E-state index in [1.54, 1.807) is 30.3 Å². The number of benzene rings is 2. The highest BCUT2D eigenvalue weighted by Crippen LogP contribution is 2.37. The summed E-state index contributed by atoms with van der Waals surface area (Å²) in [5.41, 5.74) is 3.61. The lowest BCUT2D eigenvalue weighted by molar-refractivity contribution is 0.0951. The van der Waals surface area contributed by atoms with Crippen molar-refractivity contribution in [3.05, 3.63) is 47.5 Å². The molecular weight excluding hydrogens is 348 g/mol. The largest absolute Gasteiger partial charge is 0.493 e. The van der Waals surface area contributed by atoms with Gasteiger partial charge in [0.25, 0.3) is 5.91 Å². The van der Waals surface area contributed by atoms with E-state index in [-0.39, 0.29) is 5.91 Å². The molecule has 0 aliphatic rings. The zero-order chi connectivity index (χ0) is 19.6. The van der Waals surface area contributed by atoms with Crippen molar-refractivity contribution in [2.24, 2.45) is 5.10 Å². The average Bonchev–Trinajstić information content (AvgIpc) is 2.71. The van der Waals surface area contributed by atoms with Crippen LogP contribution in [-0.4, -0.2) is 40.1 Å². The maximum Gasteiger partial charge on any atom is 0.275 e. The van der Waals surface area contributed by atoms with Crippen LogP contribution in [0.25, 0.3) is 0 Å². The van der Waals surface area contributed by atoms with Crippen LogP contribution < -0.4 is 24.4 Å². The van der Waals surface area contributed by atoms with Gasteiger partial charge in [0.05, 0.1) is 39.7 Å². The normalized spacial score (nSPS) is 10.5. The van der Waals surface area contributed by atoms with Gasteiger partial charge in [0.2, 0.25) is 5.75 Å². The van der Waals surface area contributed by atoms with Gasteiger partial charge in [0.1, 0.15) is 5.75 Å². The first kappa shape index (κ1) is 20.1. The molecule has 0 fully saturated rings. The topological polar surface area (TPSA) is 78.4 Å². The standard InChI is InChI=1S/C20H24N2O5/c1-5-10-27-16-9-7-6-8-15(16)20(23)22-21-13-14-11-17(24-2)19(26-4)18(12-14)25-3/h6-9,11-13H,5,10H2,1-4H3,(H,22,23)/b21-13+. The van der Waals surface area contributed by atoms with Crippen LogP contribution in [0.4, 0.5) is 0 Å². The molecule has 1 amide bonds. The molecule has 0 saturated carbocycles. The second-order valence-electron chi connectivity index (χ2n) is 5.50. The Bertz CT molecular complexity index is 780. The zero-order valence-corrected chi connectivity index (χ0v) is 15.9. The van der Waals surface area contributed by atoms with Gasteiger partial charge in [-0.2, -0.15) is 5.10 Å². The van der Waals surface area contributed by atoms with Crippen LogP contribution in [0.15, 0.2) is 41.5 Å². The van der Waals surface area contributed by atoms with E-state index in [1.807, 2.05) is 13.0 Å². The van der Waals surface area contributed by atoms with Crippen LogP contribution >= 0.6 is 0 Å². The van der Waals surface area contributed by atoms with Gasteiger partial charge in [-0.05, 0) is 30.7 Å². The summed E-state index contributed by atoms with van der Waals surface area (Å²) in [6.45, 7) is 2.55. The third-order valence-electron chi connectivity index (χ3n) is 3.66. The second-order valence-corrected chi connectivity index (χ2v) is 5.50. The van der Waals surface area contributed by atoms with Gasteiger partial charge in [-0.1, -0.05) is 19.1 Å². The Kier molecular flexibility index (Phi) is 7.49. The summed E-state index contributed by atoms with van der Waals surface area (Å²) in [5, 5.41) is 4.01. The Hall–Kier alpha value is -3.22. The van der Waals surface area contributed by atoms with Crippen molar-refractivity contribution in [2.75, 3.05) is 27.9 Å². The lowest BCUT2D eigenvalue weighted by atomic mass is 10.2. The van der Waals surface area contributed by atoms with E-state index in [0.29, 0.717) is 40.7 Å². The minimum atomic E-state index is -0.356. The van der Waals surface area contributed by atoms with E-state index in [1.165, 1.54) is 27.5 Å². The first-order chi connectivity index (χ1) is 13.1. The van der Waals surface area contributed by atoms with Crippen molar-refractivity contribution in [1.29, 1.82) is 0 Å². The summed E-state index contributed by atoms with van der Waals surface area (Å²) in [6.07, 6.45) is 2.35. The molecule has 2 aromatic rings. The van der Waals surface area contributed by atoms with E-state index in [0.717, 1.165) is 6.42 Å². The molecule has 0 atom stereocenters. The van der Waals surface area contributed by atoms with E-state index >= 15 is 0 Å². The van der Waals surface area contributed by atoms with Gasteiger partial charge in [0.15, 0.2) is 11.5 Å². The van der Waals surface area contributed by atoms with Gasteiger partial charge in [-0.25, -0.2) is 5.43 Å². The highest BCUT2D eigenvalue weighted by atomic mass is 16.5. The second kappa shape index (κ2) is 10.1. The molecule has 1 N–H and O–H groups in total. The molecule has 0 aliphatic heterocycles. The minimum absolute atomic E-state index is 0.356. The summed E-state index contributed by atoms with van der Waals surface area (Å²) < 4.78 is 21.5. The number of ether oxygens (including phenoxy) is 4. The van der Waals surface area contributed by atoms with Crippen molar-refractivity contribution in [2.45, 2.75) is 13.3 Å². The molecule has 0 unspecified atom stereocenters. The van der Waals surface area contributed by atoms with E-state index in [4.69, 9.17) is 18.9 Å². The van der Waals surface area contributed by atoms with Crippen LogP contribution in [0.5, 0.6) is 23.0 Å². The molecule has 0 aromatic heterocycles. The van der Waals surface area contributed by atoms with Crippen LogP contribution in [0.2, 0.25) is 0 Å². The van der Waals surface area contributed by atoms with Crippen LogP contribution in [0.1, 0.15) is 29.3 Å². The molecule has 27 heavy (non-hydrogen) atoms. The van der Waals surface area contributed by atoms with Gasteiger partial charge in [0, 0.05) is 5.56 Å². The number of hydrazone groups is 1. The van der Waals surface area contributed by atoms with Gasteiger partial charge in [-0.3, -0.25) is 4.79 Å². The van der Waals surface area contributed by atoms with Gasteiger partial charge < -0.3 is 18.9 Å². The lowest BCUT2D eigenvalue weighted by Crippen LogP contribution is -2.18. The predicted octanol–water partition coefficient (Wildman–Crippen LogP) is 3.27. The van der Waals surface area contributed by atoms with E-state index in [2.05, 4.69) is 10.5 Å². The molecule has 0 spiro atoms. The Morgan fingerprint density at radius 1 is 1.04 bits per heavy atom. The number of hydrogen-bond acceptors (Lipinski definition) is 6. The molecule has 7 nitrogen and oxygen atoms in total. The molecule has 0 heterocycles. The molecule has 144 valence electrons. The monoisotopic (exact) mass is 372 g/mol. The summed E-state index contributed by atoms with van der Waals surface area (Å²) in [7, 11) is 4.60. The van der Waals surface area contributed by atoms with Crippen molar-refractivity contribution < 1.29 is 23.7 Å². The smallest absolute Gasteiger partial charge is 0.275 e. The van der Waals surface area contributed by atoms with E-state index in [9.17, 15) is 4.79 Å². The highest BCUT2D eigenvalue weighted by molar-refractivity contribution is 5.97. The number of rotatable bonds is 9. The molecule has 0 saturated heterocycles. The number of amides is 1. The van der Waals surface area contributed by atoms with Crippen molar-refractivity contribution in [3.63, 3.8) is 0 Å². The summed E-state index contributed by atoms with van der Waals surface area (Å²) in [5.74, 6) is 1.67. The number of methoxy groups -OCH3 is 3. The van der Waals surface area contributed by atoms with Crippen LogP contribution in [-0.2, 0) is 0 Å². The van der Waals surface area contributed by atoms with Gasteiger partial charge >= 0.3 is 0 Å². The number of hydrogen-bond donors (Lipinski definition) is 1. The van der Waals surface area contributed by atoms with Crippen molar-refractivity contribution in [3.8, 4) is 23.0 Å². The fourth-order valence-corrected chi connectivity index (χ4v) is 2.39. The molecule has 0 radical (unpaired) electrons. The summed E-state index contributed by atoms with van der Waals surface area (Å²) in [4.78, 5) is 12.4. The van der Waals surface area contributed by atoms with Gasteiger partial charge in [-0.15, -0.1) is 0 Å². The maximum atomic E-state index is 12.4. The number of carbonyl (C=O) groups is 1. The Labute approximate surface area is 158 Å². The SMILES string of the molecule is CCCOc1ccccc1C(=O)N/N=C/c1cc(OC)c(OC)c(OC)c1. The van der Waals surface area contributed by atoms with Crippen LogP contribution in [0.3, 0.4) is 0 Å². The number of nitrogens with one attached hydrogen (secondary N) is 1. The summed E-state index contributed by atoms with van der Waals surface area (Å²) >= 11 is 0. The fourth-order valence-electron chi connectivity index (χ4n) is 2.39. The zero-order valence-electron chi connectivity index (χ0n) is 15.9. The number of para-hydroxylation sites is 1. The third kappa shape index (κ3) is 5.13. The quantitative estimate of drug-likeness (QED) is 0.540. The minimum Gasteiger partial charge on any atom is -0.493 e. The van der Waals surface area contributed by atoms with Crippen LogP contribution in [0, 0.1) is 0 Å². The Balaban J connectivity index is 2.15. The Morgan fingerprint density at radius 3 is 2.30 bits per heavy atom. The van der Waals surface area contributed by atoms with Crippen molar-refractivity contribution in [1.82, 2.24) is 5.43 Å². The number of nitrogens with zero attached hydrogens (tertiary/aromatic N) is 1. The van der Waals surface area contributed by atoms with E-state index < -0.39 is 0 Å². The first-order valence-electron chi connectivity index (χ1n) is 8.49. The molecule has 7 heteroatoms. The lowest BCUT2D eigenvalue weighted by Gasteiger charge is -2.12. The first-order valence-corrected chi connectivity index (χ1v) is 8.49. The molecule has 2 rings (SSSR count).